The number of ether oxygens (including phenoxy) is 1. The molecule has 0 spiro atoms. The first-order valence-electron chi connectivity index (χ1n) is 10.6. The fraction of sp³-hybridized carbons (Fsp3) is 0.348. The number of nitrogens with zero attached hydrogens (tertiary/aromatic N) is 5. The molecule has 0 unspecified atom stereocenters. The summed E-state index contributed by atoms with van der Waals surface area (Å²) in [5.74, 6) is 2.53. The number of nitrogens with one attached hydrogen (secondary N) is 2. The highest BCUT2D eigenvalue weighted by molar-refractivity contribution is 5.91. The number of benzene rings is 1. The van der Waals surface area contributed by atoms with Crippen molar-refractivity contribution in [2.45, 2.75) is 13.5 Å². The van der Waals surface area contributed by atoms with Gasteiger partial charge in [-0.3, -0.25) is 0 Å². The molecule has 160 valence electrons. The van der Waals surface area contributed by atoms with Crippen molar-refractivity contribution in [3.05, 3.63) is 47.8 Å². The van der Waals surface area contributed by atoms with Crippen LogP contribution in [0.5, 0.6) is 5.75 Å². The van der Waals surface area contributed by atoms with Gasteiger partial charge in [0.15, 0.2) is 5.65 Å². The van der Waals surface area contributed by atoms with E-state index in [0.717, 1.165) is 48.8 Å². The number of piperazine rings is 1. The minimum absolute atomic E-state index is 0.636. The molecule has 1 aromatic carbocycles. The molecule has 2 N–H and O–H groups in total. The van der Waals surface area contributed by atoms with Crippen molar-refractivity contribution in [1.29, 1.82) is 0 Å². The maximum absolute atomic E-state index is 5.48. The molecule has 0 amide bonds. The van der Waals surface area contributed by atoms with Crippen LogP contribution in [-0.2, 0) is 6.54 Å². The Bertz CT molecular complexity index is 1230. The van der Waals surface area contributed by atoms with Crippen LogP contribution in [0.15, 0.2) is 36.7 Å². The van der Waals surface area contributed by atoms with Crippen molar-refractivity contribution in [2.75, 3.05) is 50.6 Å². The molecule has 8 heteroatoms. The topological polar surface area (TPSA) is 82.2 Å². The highest BCUT2D eigenvalue weighted by atomic mass is 16.5. The molecule has 31 heavy (non-hydrogen) atoms. The number of hydrogen-bond donors (Lipinski definition) is 2. The number of rotatable bonds is 5. The normalized spacial score (nSPS) is 15.0. The van der Waals surface area contributed by atoms with Crippen LogP contribution in [-0.4, -0.2) is 65.2 Å². The summed E-state index contributed by atoms with van der Waals surface area (Å²) in [6.07, 6.45) is 3.78. The van der Waals surface area contributed by atoms with Crippen LogP contribution in [0.25, 0.3) is 22.1 Å². The van der Waals surface area contributed by atoms with Crippen LogP contribution in [0, 0.1) is 6.92 Å². The summed E-state index contributed by atoms with van der Waals surface area (Å²) in [6.45, 7) is 6.77. The number of fused-ring (bicyclic) bond motifs is 2. The van der Waals surface area contributed by atoms with Gasteiger partial charge < -0.3 is 24.8 Å². The van der Waals surface area contributed by atoms with E-state index in [2.05, 4.69) is 45.1 Å². The Balaban J connectivity index is 1.38. The minimum Gasteiger partial charge on any atom is -0.495 e. The van der Waals surface area contributed by atoms with Crippen LogP contribution in [0.1, 0.15) is 11.1 Å². The van der Waals surface area contributed by atoms with Gasteiger partial charge in [0.05, 0.1) is 18.8 Å². The smallest absolute Gasteiger partial charge is 0.182 e. The first kappa shape index (κ1) is 19.6. The van der Waals surface area contributed by atoms with Crippen LogP contribution in [0.2, 0.25) is 0 Å². The van der Waals surface area contributed by atoms with Gasteiger partial charge in [-0.1, -0.05) is 6.07 Å². The summed E-state index contributed by atoms with van der Waals surface area (Å²) in [7, 11) is 3.84. The van der Waals surface area contributed by atoms with Gasteiger partial charge in [0.25, 0.3) is 0 Å². The van der Waals surface area contributed by atoms with Crippen LogP contribution < -0.4 is 15.0 Å². The molecule has 1 fully saturated rings. The van der Waals surface area contributed by atoms with Crippen molar-refractivity contribution >= 4 is 33.7 Å². The second kappa shape index (κ2) is 8.03. The van der Waals surface area contributed by atoms with Crippen LogP contribution in [0.3, 0.4) is 0 Å². The average molecular weight is 418 g/mol. The molecule has 4 heterocycles. The molecule has 0 bridgehead atoms. The summed E-state index contributed by atoms with van der Waals surface area (Å²) in [5, 5.41) is 4.59. The highest BCUT2D eigenvalue weighted by Gasteiger charge is 2.16. The fourth-order valence-electron chi connectivity index (χ4n) is 4.16. The second-order valence-electron chi connectivity index (χ2n) is 8.06. The zero-order valence-corrected chi connectivity index (χ0v) is 18.1. The van der Waals surface area contributed by atoms with Crippen LogP contribution in [0.4, 0.5) is 11.6 Å². The van der Waals surface area contributed by atoms with Gasteiger partial charge in [0.2, 0.25) is 0 Å². The molecule has 1 aliphatic heterocycles. The van der Waals surface area contributed by atoms with E-state index in [4.69, 9.17) is 14.7 Å². The lowest BCUT2D eigenvalue weighted by atomic mass is 10.1. The summed E-state index contributed by atoms with van der Waals surface area (Å²) in [5.41, 5.74) is 4.85. The molecule has 8 nitrogen and oxygen atoms in total. The summed E-state index contributed by atoms with van der Waals surface area (Å²) in [4.78, 5) is 22.0. The quantitative estimate of drug-likeness (QED) is 0.516. The van der Waals surface area contributed by atoms with Crippen molar-refractivity contribution in [1.82, 2.24) is 24.8 Å². The molecular formula is C23H27N7O. The van der Waals surface area contributed by atoms with E-state index in [1.807, 2.05) is 24.4 Å². The molecular weight excluding hydrogens is 390 g/mol. The van der Waals surface area contributed by atoms with Crippen LogP contribution >= 0.6 is 0 Å². The van der Waals surface area contributed by atoms with Gasteiger partial charge in [0, 0.05) is 44.3 Å². The molecule has 1 saturated heterocycles. The Morgan fingerprint density at radius 2 is 1.94 bits per heavy atom. The lowest BCUT2D eigenvalue weighted by Gasteiger charge is -2.33. The van der Waals surface area contributed by atoms with Crippen molar-refractivity contribution in [3.63, 3.8) is 0 Å². The zero-order chi connectivity index (χ0) is 21.4. The number of aryl methyl sites for hydroxylation is 1. The molecule has 4 aromatic rings. The van der Waals surface area contributed by atoms with E-state index in [1.54, 1.807) is 13.3 Å². The lowest BCUT2D eigenvalue weighted by molar-refractivity contribution is 0.312. The Kier molecular flexibility index (Phi) is 5.07. The molecule has 0 radical (unpaired) electrons. The highest BCUT2D eigenvalue weighted by Crippen LogP contribution is 2.30. The lowest BCUT2D eigenvalue weighted by Crippen LogP contribution is -2.44. The predicted molar refractivity (Wildman–Crippen MR) is 124 cm³/mol. The predicted octanol–water partition coefficient (Wildman–Crippen LogP) is 3.19. The fourth-order valence-corrected chi connectivity index (χ4v) is 4.16. The van der Waals surface area contributed by atoms with E-state index in [-0.39, 0.29) is 0 Å². The van der Waals surface area contributed by atoms with E-state index in [0.29, 0.717) is 18.0 Å². The monoisotopic (exact) mass is 417 g/mol. The van der Waals surface area contributed by atoms with Crippen molar-refractivity contribution in [3.8, 4) is 5.75 Å². The summed E-state index contributed by atoms with van der Waals surface area (Å²) in [6, 6.07) is 8.12. The molecule has 1 aliphatic rings. The molecule has 0 atom stereocenters. The Hall–Kier alpha value is -3.39. The number of H-pyrrole nitrogens is 1. The Morgan fingerprint density at radius 3 is 2.74 bits per heavy atom. The standard InChI is InChI=1S/C23H27N7O/c1-15-12-26-22-18(31-3)6-4-16(21(15)22)13-25-19-14-24-17-5-7-20(28-23(17)27-19)30-10-8-29(2)9-11-30/h4-7,12,14,26H,8-11,13H2,1-3H3,(H,25,27,28). The number of likely N-dealkylation sites (N-methyl/N-ethyl adjacent to an activating group) is 1. The van der Waals surface area contributed by atoms with Crippen molar-refractivity contribution < 1.29 is 4.74 Å². The number of methoxy groups -OCH3 is 1. The Morgan fingerprint density at radius 1 is 1.10 bits per heavy atom. The summed E-state index contributed by atoms with van der Waals surface area (Å²) < 4.78 is 5.48. The van der Waals surface area contributed by atoms with Crippen molar-refractivity contribution in [2.24, 2.45) is 0 Å². The molecule has 5 rings (SSSR count). The number of anilines is 2. The van der Waals surface area contributed by atoms with Gasteiger partial charge in [-0.25, -0.2) is 15.0 Å². The zero-order valence-electron chi connectivity index (χ0n) is 18.1. The third-order valence-corrected chi connectivity index (χ3v) is 5.98. The minimum atomic E-state index is 0.636. The Labute approximate surface area is 181 Å². The molecule has 0 saturated carbocycles. The van der Waals surface area contributed by atoms with Gasteiger partial charge >= 0.3 is 0 Å². The number of pyridine rings is 1. The second-order valence-corrected chi connectivity index (χ2v) is 8.06. The molecule has 3 aromatic heterocycles. The molecule has 0 aliphatic carbocycles. The first-order valence-corrected chi connectivity index (χ1v) is 10.6. The number of aromatic nitrogens is 4. The largest absolute Gasteiger partial charge is 0.495 e. The maximum Gasteiger partial charge on any atom is 0.182 e. The van der Waals surface area contributed by atoms with Gasteiger partial charge in [-0.15, -0.1) is 0 Å². The van der Waals surface area contributed by atoms with E-state index in [1.165, 1.54) is 16.5 Å². The summed E-state index contributed by atoms with van der Waals surface area (Å²) >= 11 is 0. The third-order valence-electron chi connectivity index (χ3n) is 5.98. The van der Waals surface area contributed by atoms with E-state index >= 15 is 0 Å². The van der Waals surface area contributed by atoms with E-state index in [9.17, 15) is 0 Å². The number of hydrogen-bond acceptors (Lipinski definition) is 7. The van der Waals surface area contributed by atoms with E-state index < -0.39 is 0 Å². The van der Waals surface area contributed by atoms with Gasteiger partial charge in [-0.2, -0.15) is 0 Å². The third kappa shape index (κ3) is 3.74. The van der Waals surface area contributed by atoms with Gasteiger partial charge in [0.1, 0.15) is 22.9 Å². The number of aromatic amines is 1. The average Bonchev–Trinajstić information content (AvgIpc) is 3.19. The maximum atomic E-state index is 5.48. The SMILES string of the molecule is COc1ccc(CNc2cnc3ccc(N4CCN(C)CC4)nc3n2)c2c(C)c[nH]c12. The first-order chi connectivity index (χ1) is 15.1. The van der Waals surface area contributed by atoms with Gasteiger partial charge in [-0.05, 0) is 43.3 Å².